The van der Waals surface area contributed by atoms with Crippen molar-refractivity contribution in [3.05, 3.63) is 87.5 Å². The van der Waals surface area contributed by atoms with Crippen molar-refractivity contribution in [3.63, 3.8) is 0 Å². The van der Waals surface area contributed by atoms with Crippen LogP contribution in [0.15, 0.2) is 53.7 Å². The van der Waals surface area contributed by atoms with Crippen molar-refractivity contribution in [2.24, 2.45) is 0 Å². The van der Waals surface area contributed by atoms with Crippen LogP contribution in [0.4, 0.5) is 5.69 Å². The molecule has 1 aromatic carbocycles. The van der Waals surface area contributed by atoms with Gasteiger partial charge in [-0.05, 0) is 38.0 Å². The number of carbonyl (C=O) groups excluding carboxylic acids is 1. The molecule has 0 saturated heterocycles. The van der Waals surface area contributed by atoms with Crippen molar-refractivity contribution in [2.75, 3.05) is 5.32 Å². The second-order valence-electron chi connectivity index (χ2n) is 8.64. The number of rotatable bonds is 6. The molecule has 5 rings (SSSR count). The zero-order valence-electron chi connectivity index (χ0n) is 18.7. The van der Waals surface area contributed by atoms with Gasteiger partial charge in [-0.2, -0.15) is 0 Å². The van der Waals surface area contributed by atoms with E-state index >= 15 is 0 Å². The van der Waals surface area contributed by atoms with Gasteiger partial charge in [0.25, 0.3) is 5.56 Å². The van der Waals surface area contributed by atoms with Crippen LogP contribution in [0.2, 0.25) is 0 Å². The number of carbonyl (C=O) groups is 1. The highest BCUT2D eigenvalue weighted by Gasteiger charge is 2.31. The summed E-state index contributed by atoms with van der Waals surface area (Å²) in [5.41, 5.74) is 5.51. The Morgan fingerprint density at radius 3 is 2.76 bits per heavy atom. The Morgan fingerprint density at radius 2 is 1.97 bits per heavy atom. The maximum atomic E-state index is 13.2. The fraction of sp³-hybridized carbons (Fsp3) is 0.280. The van der Waals surface area contributed by atoms with E-state index in [4.69, 9.17) is 0 Å². The topological polar surface area (TPSA) is 105 Å². The van der Waals surface area contributed by atoms with Crippen molar-refractivity contribution in [3.8, 4) is 0 Å². The molecule has 0 fully saturated rings. The van der Waals surface area contributed by atoms with E-state index in [1.807, 2.05) is 12.1 Å². The van der Waals surface area contributed by atoms with E-state index in [1.54, 1.807) is 18.6 Å². The molecule has 3 N–H and O–H groups in total. The fourth-order valence-corrected chi connectivity index (χ4v) is 4.57. The monoisotopic (exact) mass is 442 g/mol. The van der Waals surface area contributed by atoms with Crippen LogP contribution in [0.3, 0.4) is 0 Å². The van der Waals surface area contributed by atoms with E-state index < -0.39 is 6.04 Å². The summed E-state index contributed by atoms with van der Waals surface area (Å²) in [5, 5.41) is 7.16. The first-order chi connectivity index (χ1) is 16.0. The summed E-state index contributed by atoms with van der Waals surface area (Å²) in [6.45, 7) is 4.98. The summed E-state index contributed by atoms with van der Waals surface area (Å²) in [5.74, 6) is 0.467. The Hall–Kier alpha value is -3.94. The molecular weight excluding hydrogens is 416 g/mol. The van der Waals surface area contributed by atoms with E-state index in [9.17, 15) is 9.59 Å². The summed E-state index contributed by atoms with van der Waals surface area (Å²) in [7, 11) is 0. The average Bonchev–Trinajstić information content (AvgIpc) is 3.41. The quantitative estimate of drug-likeness (QED) is 0.426. The van der Waals surface area contributed by atoms with Gasteiger partial charge in [-0.25, -0.2) is 4.98 Å². The lowest BCUT2D eigenvalue weighted by atomic mass is 10.1. The van der Waals surface area contributed by atoms with Crippen molar-refractivity contribution >= 4 is 22.5 Å². The Labute approximate surface area is 191 Å². The minimum absolute atomic E-state index is 0.180. The third-order valence-corrected chi connectivity index (χ3v) is 6.02. The Kier molecular flexibility index (Phi) is 5.42. The number of aromatic amines is 1. The van der Waals surface area contributed by atoms with Gasteiger partial charge in [-0.15, -0.1) is 0 Å². The zero-order chi connectivity index (χ0) is 22.9. The molecule has 8 nitrogen and oxygen atoms in total. The largest absolute Gasteiger partial charge is 0.375 e. The third kappa shape index (κ3) is 4.24. The van der Waals surface area contributed by atoms with Crippen LogP contribution < -0.4 is 16.2 Å². The molecular formula is C25H26N6O2. The predicted octanol–water partition coefficient (Wildman–Crippen LogP) is 3.15. The number of nitrogens with zero attached hydrogens (tertiary/aromatic N) is 3. The normalized spacial score (nSPS) is 14.9. The molecule has 3 aromatic heterocycles. The molecule has 0 radical (unpaired) electrons. The number of pyridine rings is 1. The average molecular weight is 443 g/mol. The fourth-order valence-electron chi connectivity index (χ4n) is 4.57. The number of anilines is 1. The maximum Gasteiger partial charge on any atom is 0.277 e. The summed E-state index contributed by atoms with van der Waals surface area (Å²) in [6, 6.07) is 9.60. The first kappa shape index (κ1) is 20.9. The first-order valence-electron chi connectivity index (χ1n) is 11.1. The van der Waals surface area contributed by atoms with Crippen LogP contribution in [0, 0.1) is 13.8 Å². The smallest absolute Gasteiger partial charge is 0.277 e. The van der Waals surface area contributed by atoms with Gasteiger partial charge in [0.1, 0.15) is 17.6 Å². The van der Waals surface area contributed by atoms with Gasteiger partial charge in [0, 0.05) is 42.0 Å². The minimum atomic E-state index is -0.561. The molecule has 1 aliphatic rings. The molecule has 4 aromatic rings. The van der Waals surface area contributed by atoms with E-state index in [-0.39, 0.29) is 11.5 Å². The summed E-state index contributed by atoms with van der Waals surface area (Å²) >= 11 is 0. The maximum absolute atomic E-state index is 13.2. The number of hydrogen-bond acceptors (Lipinski definition) is 5. The Bertz CT molecular complexity index is 1350. The molecule has 168 valence electrons. The van der Waals surface area contributed by atoms with Gasteiger partial charge >= 0.3 is 0 Å². The Morgan fingerprint density at radius 1 is 1.15 bits per heavy atom. The highest BCUT2D eigenvalue weighted by molar-refractivity contribution is 5.82. The highest BCUT2D eigenvalue weighted by atomic mass is 16.2. The summed E-state index contributed by atoms with van der Waals surface area (Å²) in [6.07, 6.45) is 6.24. The van der Waals surface area contributed by atoms with E-state index in [0.29, 0.717) is 37.4 Å². The lowest BCUT2D eigenvalue weighted by molar-refractivity contribution is -0.124. The van der Waals surface area contributed by atoms with Crippen LogP contribution in [0.5, 0.6) is 0 Å². The molecule has 1 aliphatic heterocycles. The lowest BCUT2D eigenvalue weighted by Crippen LogP contribution is -2.36. The molecule has 1 atom stereocenters. The van der Waals surface area contributed by atoms with Gasteiger partial charge < -0.3 is 15.6 Å². The number of hydrogen-bond donors (Lipinski definition) is 3. The molecule has 8 heteroatoms. The standard InChI is InChI=1S/C25H26N6O2/c1-15-7-16(2)9-17(8-15)11-27-21-14-28-23-4-3-22(31(23)25(21)33)24(32)29-13-19-10-18-12-26-6-5-20(18)30-19/h5-10,12,14,22,27,30H,3-4,11,13H2,1-2H3,(H,29,32). The highest BCUT2D eigenvalue weighted by Crippen LogP contribution is 2.24. The first-order valence-corrected chi connectivity index (χ1v) is 11.1. The molecule has 0 saturated carbocycles. The van der Waals surface area contributed by atoms with Crippen LogP contribution in [-0.2, 0) is 24.3 Å². The van der Waals surface area contributed by atoms with E-state index in [0.717, 1.165) is 22.2 Å². The van der Waals surface area contributed by atoms with Crippen LogP contribution in [-0.4, -0.2) is 25.4 Å². The predicted molar refractivity (Wildman–Crippen MR) is 127 cm³/mol. The SMILES string of the molecule is Cc1cc(C)cc(CNc2cnc3n(c2=O)C(C(=O)NCc2cc4cnccc4[nH]2)CC3)c1. The summed E-state index contributed by atoms with van der Waals surface area (Å²) in [4.78, 5) is 38.0. The van der Waals surface area contributed by atoms with Crippen molar-refractivity contribution in [1.82, 2.24) is 24.8 Å². The molecule has 0 spiro atoms. The number of fused-ring (bicyclic) bond motifs is 2. The number of H-pyrrole nitrogens is 1. The number of amides is 1. The summed E-state index contributed by atoms with van der Waals surface area (Å²) < 4.78 is 1.54. The molecule has 0 aliphatic carbocycles. The minimum Gasteiger partial charge on any atom is -0.375 e. The van der Waals surface area contributed by atoms with Crippen LogP contribution in [0.1, 0.15) is 40.7 Å². The van der Waals surface area contributed by atoms with Gasteiger partial charge in [-0.1, -0.05) is 29.3 Å². The molecule has 33 heavy (non-hydrogen) atoms. The second kappa shape index (κ2) is 8.54. The van der Waals surface area contributed by atoms with Gasteiger partial charge in [0.15, 0.2) is 0 Å². The van der Waals surface area contributed by atoms with Crippen LogP contribution in [0.25, 0.3) is 10.9 Å². The number of benzene rings is 1. The van der Waals surface area contributed by atoms with E-state index in [1.165, 1.54) is 15.7 Å². The number of aryl methyl sites for hydroxylation is 3. The second-order valence-corrected chi connectivity index (χ2v) is 8.64. The lowest BCUT2D eigenvalue weighted by Gasteiger charge is -2.15. The zero-order valence-corrected chi connectivity index (χ0v) is 18.7. The molecule has 1 unspecified atom stereocenters. The molecule has 0 bridgehead atoms. The van der Waals surface area contributed by atoms with Gasteiger partial charge in [0.2, 0.25) is 5.91 Å². The molecule has 1 amide bonds. The third-order valence-electron chi connectivity index (χ3n) is 6.02. The Balaban J connectivity index is 1.30. The number of aromatic nitrogens is 4. The van der Waals surface area contributed by atoms with Crippen molar-refractivity contribution < 1.29 is 4.79 Å². The van der Waals surface area contributed by atoms with Crippen molar-refractivity contribution in [2.45, 2.75) is 45.8 Å². The van der Waals surface area contributed by atoms with Gasteiger partial charge in [-0.3, -0.25) is 19.1 Å². The number of nitrogens with one attached hydrogen (secondary N) is 3. The molecule has 4 heterocycles. The van der Waals surface area contributed by atoms with E-state index in [2.05, 4.69) is 57.6 Å². The van der Waals surface area contributed by atoms with Crippen molar-refractivity contribution in [1.29, 1.82) is 0 Å². The van der Waals surface area contributed by atoms with Gasteiger partial charge in [0.05, 0.1) is 12.7 Å². The van der Waals surface area contributed by atoms with Crippen LogP contribution >= 0.6 is 0 Å².